The van der Waals surface area contributed by atoms with Crippen LogP contribution in [0.25, 0.3) is 0 Å². The standard InChI is InChI=1S/C12H14F2N2O2S/c1-16(2)12(18)6-15-11(17)7-19-8-3-4-9(13)10(14)5-8/h3-5H,6-7H2,1-2H3,(H,15,17). The minimum atomic E-state index is -0.951. The van der Waals surface area contributed by atoms with Crippen molar-refractivity contribution in [1.82, 2.24) is 10.2 Å². The van der Waals surface area contributed by atoms with Gasteiger partial charge in [0.25, 0.3) is 0 Å². The molecule has 19 heavy (non-hydrogen) atoms. The molecule has 1 aromatic carbocycles. The van der Waals surface area contributed by atoms with E-state index in [9.17, 15) is 18.4 Å². The molecular formula is C12H14F2N2O2S. The van der Waals surface area contributed by atoms with Crippen molar-refractivity contribution in [3.63, 3.8) is 0 Å². The molecule has 0 bridgehead atoms. The Morgan fingerprint density at radius 1 is 1.26 bits per heavy atom. The molecule has 4 nitrogen and oxygen atoms in total. The molecule has 0 spiro atoms. The molecule has 0 atom stereocenters. The molecule has 104 valence electrons. The first-order valence-corrected chi connectivity index (χ1v) is 6.43. The molecule has 0 aliphatic carbocycles. The summed E-state index contributed by atoms with van der Waals surface area (Å²) in [6.45, 7) is -0.0792. The number of thioether (sulfide) groups is 1. The van der Waals surface area contributed by atoms with E-state index in [4.69, 9.17) is 0 Å². The van der Waals surface area contributed by atoms with Crippen molar-refractivity contribution in [3.05, 3.63) is 29.8 Å². The lowest BCUT2D eigenvalue weighted by atomic mass is 10.3. The fourth-order valence-electron chi connectivity index (χ4n) is 1.10. The Morgan fingerprint density at radius 2 is 1.95 bits per heavy atom. The highest BCUT2D eigenvalue weighted by Gasteiger charge is 2.08. The van der Waals surface area contributed by atoms with E-state index >= 15 is 0 Å². The third kappa shape index (κ3) is 5.25. The lowest BCUT2D eigenvalue weighted by molar-refractivity contribution is -0.130. The number of nitrogens with one attached hydrogen (secondary N) is 1. The van der Waals surface area contributed by atoms with Crippen molar-refractivity contribution < 1.29 is 18.4 Å². The number of carbonyl (C=O) groups is 2. The number of halogens is 2. The molecule has 1 aromatic rings. The van der Waals surface area contributed by atoms with E-state index in [1.807, 2.05) is 0 Å². The highest BCUT2D eigenvalue weighted by molar-refractivity contribution is 8.00. The second kappa shape index (κ2) is 7.08. The summed E-state index contributed by atoms with van der Waals surface area (Å²) in [5.41, 5.74) is 0. The number of benzene rings is 1. The summed E-state index contributed by atoms with van der Waals surface area (Å²) in [7, 11) is 3.18. The average Bonchev–Trinajstić information content (AvgIpc) is 2.37. The van der Waals surface area contributed by atoms with E-state index in [0.717, 1.165) is 23.9 Å². The van der Waals surface area contributed by atoms with E-state index in [1.54, 1.807) is 14.1 Å². The first-order valence-electron chi connectivity index (χ1n) is 5.45. The first-order chi connectivity index (χ1) is 8.90. The van der Waals surface area contributed by atoms with Gasteiger partial charge in [0.2, 0.25) is 11.8 Å². The maximum Gasteiger partial charge on any atom is 0.241 e. The van der Waals surface area contributed by atoms with E-state index in [2.05, 4.69) is 5.32 Å². The Morgan fingerprint density at radius 3 is 2.53 bits per heavy atom. The topological polar surface area (TPSA) is 49.4 Å². The molecule has 0 saturated heterocycles. The van der Waals surface area contributed by atoms with Gasteiger partial charge in [-0.05, 0) is 18.2 Å². The summed E-state index contributed by atoms with van der Waals surface area (Å²) in [5, 5.41) is 2.44. The van der Waals surface area contributed by atoms with Crippen molar-refractivity contribution in [2.45, 2.75) is 4.90 Å². The van der Waals surface area contributed by atoms with Crippen LogP contribution in [0.15, 0.2) is 23.1 Å². The van der Waals surface area contributed by atoms with E-state index in [0.29, 0.717) is 4.90 Å². The second-order valence-corrected chi connectivity index (χ2v) is 4.98. The molecular weight excluding hydrogens is 274 g/mol. The van der Waals surface area contributed by atoms with E-state index in [1.165, 1.54) is 11.0 Å². The Kier molecular flexibility index (Phi) is 5.75. The highest BCUT2D eigenvalue weighted by atomic mass is 32.2. The SMILES string of the molecule is CN(C)C(=O)CNC(=O)CSc1ccc(F)c(F)c1. The van der Waals surface area contributed by atoms with Crippen molar-refractivity contribution in [3.8, 4) is 0 Å². The number of rotatable bonds is 5. The predicted octanol–water partition coefficient (Wildman–Crippen LogP) is 1.26. The molecule has 7 heteroatoms. The zero-order valence-electron chi connectivity index (χ0n) is 10.6. The molecule has 0 saturated carbocycles. The van der Waals surface area contributed by atoms with Crippen molar-refractivity contribution >= 4 is 23.6 Å². The summed E-state index contributed by atoms with van der Waals surface area (Å²) < 4.78 is 25.6. The molecule has 0 fully saturated rings. The third-order valence-corrected chi connectivity index (χ3v) is 3.19. The van der Waals surface area contributed by atoms with Crippen LogP contribution in [-0.2, 0) is 9.59 Å². The lowest BCUT2D eigenvalue weighted by Gasteiger charge is -2.10. The van der Waals surface area contributed by atoms with Crippen LogP contribution in [0.4, 0.5) is 8.78 Å². The fourth-order valence-corrected chi connectivity index (χ4v) is 1.85. The zero-order chi connectivity index (χ0) is 14.4. The fraction of sp³-hybridized carbons (Fsp3) is 0.333. The Bertz CT molecular complexity index is 481. The van der Waals surface area contributed by atoms with Gasteiger partial charge < -0.3 is 10.2 Å². The quantitative estimate of drug-likeness (QED) is 0.830. The largest absolute Gasteiger partial charge is 0.347 e. The molecule has 1 rings (SSSR count). The van der Waals surface area contributed by atoms with Gasteiger partial charge in [-0.1, -0.05) is 0 Å². The summed E-state index contributed by atoms with van der Waals surface area (Å²) in [5.74, 6) is -2.40. The number of carbonyl (C=O) groups excluding carboxylic acids is 2. The van der Waals surface area contributed by atoms with Gasteiger partial charge in [0.15, 0.2) is 11.6 Å². The van der Waals surface area contributed by atoms with Crippen LogP contribution in [0.1, 0.15) is 0 Å². The first kappa shape index (κ1) is 15.4. The van der Waals surface area contributed by atoms with Crippen LogP contribution in [0.5, 0.6) is 0 Å². The van der Waals surface area contributed by atoms with Crippen LogP contribution in [0, 0.1) is 11.6 Å². The van der Waals surface area contributed by atoms with Gasteiger partial charge in [-0.2, -0.15) is 0 Å². The highest BCUT2D eigenvalue weighted by Crippen LogP contribution is 2.19. The lowest BCUT2D eigenvalue weighted by Crippen LogP contribution is -2.36. The summed E-state index contributed by atoms with van der Waals surface area (Å²) in [6.07, 6.45) is 0. The number of likely N-dealkylation sites (N-methyl/N-ethyl adjacent to an activating group) is 1. The average molecular weight is 288 g/mol. The van der Waals surface area contributed by atoms with Crippen LogP contribution in [0.3, 0.4) is 0 Å². The molecule has 0 aliphatic rings. The van der Waals surface area contributed by atoms with Crippen molar-refractivity contribution in [2.24, 2.45) is 0 Å². The number of amides is 2. The zero-order valence-corrected chi connectivity index (χ0v) is 11.4. The predicted molar refractivity (Wildman–Crippen MR) is 68.8 cm³/mol. The molecule has 0 radical (unpaired) electrons. The number of hydrogen-bond donors (Lipinski definition) is 1. The monoisotopic (exact) mass is 288 g/mol. The maximum atomic E-state index is 12.9. The molecule has 0 aromatic heterocycles. The summed E-state index contributed by atoms with van der Waals surface area (Å²) in [6, 6.07) is 3.42. The minimum absolute atomic E-state index is 0.0335. The Hall–Kier alpha value is -1.63. The number of hydrogen-bond acceptors (Lipinski definition) is 3. The van der Waals surface area contributed by atoms with Gasteiger partial charge in [0, 0.05) is 19.0 Å². The Labute approximate surface area is 114 Å². The summed E-state index contributed by atoms with van der Waals surface area (Å²) in [4.78, 5) is 24.5. The summed E-state index contributed by atoms with van der Waals surface area (Å²) >= 11 is 1.07. The molecule has 0 unspecified atom stereocenters. The maximum absolute atomic E-state index is 12.9. The van der Waals surface area contributed by atoms with E-state index in [-0.39, 0.29) is 24.1 Å². The Balaban J connectivity index is 2.38. The van der Waals surface area contributed by atoms with Crippen LogP contribution in [0.2, 0.25) is 0 Å². The molecule has 0 aliphatic heterocycles. The van der Waals surface area contributed by atoms with Gasteiger partial charge in [-0.15, -0.1) is 11.8 Å². The number of nitrogens with zero attached hydrogens (tertiary/aromatic N) is 1. The molecule has 0 heterocycles. The smallest absolute Gasteiger partial charge is 0.241 e. The van der Waals surface area contributed by atoms with Gasteiger partial charge in [0.05, 0.1) is 12.3 Å². The van der Waals surface area contributed by atoms with Crippen molar-refractivity contribution in [2.75, 3.05) is 26.4 Å². The van der Waals surface area contributed by atoms with E-state index < -0.39 is 11.6 Å². The van der Waals surface area contributed by atoms with Crippen LogP contribution in [-0.4, -0.2) is 43.1 Å². The van der Waals surface area contributed by atoms with Crippen LogP contribution >= 0.6 is 11.8 Å². The molecule has 2 amide bonds. The van der Waals surface area contributed by atoms with Crippen LogP contribution < -0.4 is 5.32 Å². The van der Waals surface area contributed by atoms with Gasteiger partial charge in [0.1, 0.15) is 0 Å². The minimum Gasteiger partial charge on any atom is -0.347 e. The van der Waals surface area contributed by atoms with Gasteiger partial charge >= 0.3 is 0 Å². The van der Waals surface area contributed by atoms with Crippen molar-refractivity contribution in [1.29, 1.82) is 0 Å². The normalized spacial score (nSPS) is 10.1. The molecule has 1 N–H and O–H groups in total. The van der Waals surface area contributed by atoms with Gasteiger partial charge in [-0.25, -0.2) is 8.78 Å². The third-order valence-electron chi connectivity index (χ3n) is 2.20. The second-order valence-electron chi connectivity index (χ2n) is 3.93. The van der Waals surface area contributed by atoms with Gasteiger partial charge in [-0.3, -0.25) is 9.59 Å².